The lowest BCUT2D eigenvalue weighted by atomic mass is 10.2. The van der Waals surface area contributed by atoms with Crippen LogP contribution in [0.15, 0.2) is 40.9 Å². The quantitative estimate of drug-likeness (QED) is 0.706. The Balaban J connectivity index is 2.16. The second kappa shape index (κ2) is 6.42. The predicted octanol–water partition coefficient (Wildman–Crippen LogP) is 5.15. The SMILES string of the molecule is O=Cc1cc(Br)ccc1OCc1ccc(Cl)cc1Cl. The Morgan fingerprint density at radius 3 is 2.63 bits per heavy atom. The summed E-state index contributed by atoms with van der Waals surface area (Å²) in [6.45, 7) is 0.276. The van der Waals surface area contributed by atoms with E-state index in [1.165, 1.54) is 0 Å². The zero-order valence-electron chi connectivity index (χ0n) is 9.70. The van der Waals surface area contributed by atoms with E-state index in [1.807, 2.05) is 6.07 Å². The van der Waals surface area contributed by atoms with Crippen LogP contribution in [0.2, 0.25) is 10.0 Å². The summed E-state index contributed by atoms with van der Waals surface area (Å²) in [5.41, 5.74) is 1.30. The van der Waals surface area contributed by atoms with Crippen LogP contribution in [0.1, 0.15) is 15.9 Å². The number of rotatable bonds is 4. The van der Waals surface area contributed by atoms with Gasteiger partial charge in [0.05, 0.1) is 5.56 Å². The van der Waals surface area contributed by atoms with Gasteiger partial charge in [-0.2, -0.15) is 0 Å². The van der Waals surface area contributed by atoms with Crippen LogP contribution in [0.3, 0.4) is 0 Å². The van der Waals surface area contributed by atoms with Crippen molar-refractivity contribution in [1.82, 2.24) is 0 Å². The molecule has 2 rings (SSSR count). The maximum atomic E-state index is 11.0. The molecule has 0 saturated carbocycles. The Morgan fingerprint density at radius 1 is 1.16 bits per heavy atom. The lowest BCUT2D eigenvalue weighted by molar-refractivity contribution is 0.111. The first-order valence-electron chi connectivity index (χ1n) is 5.41. The van der Waals surface area contributed by atoms with Gasteiger partial charge in [0, 0.05) is 20.1 Å². The summed E-state index contributed by atoms with van der Waals surface area (Å²) in [6.07, 6.45) is 0.754. The molecule has 19 heavy (non-hydrogen) atoms. The zero-order valence-corrected chi connectivity index (χ0v) is 12.8. The summed E-state index contributed by atoms with van der Waals surface area (Å²) < 4.78 is 6.44. The second-order valence-electron chi connectivity index (χ2n) is 3.82. The monoisotopic (exact) mass is 358 g/mol. The van der Waals surface area contributed by atoms with E-state index < -0.39 is 0 Å². The van der Waals surface area contributed by atoms with Crippen molar-refractivity contribution in [3.8, 4) is 5.75 Å². The molecule has 0 aliphatic carbocycles. The van der Waals surface area contributed by atoms with Gasteiger partial charge in [-0.3, -0.25) is 4.79 Å². The van der Waals surface area contributed by atoms with E-state index >= 15 is 0 Å². The molecular weight excluding hydrogens is 351 g/mol. The molecule has 0 bridgehead atoms. The summed E-state index contributed by atoms with van der Waals surface area (Å²) in [5, 5.41) is 1.11. The van der Waals surface area contributed by atoms with Crippen LogP contribution in [0.5, 0.6) is 5.75 Å². The number of carbonyl (C=O) groups excluding carboxylic acids is 1. The van der Waals surface area contributed by atoms with Crippen LogP contribution >= 0.6 is 39.1 Å². The second-order valence-corrected chi connectivity index (χ2v) is 5.58. The van der Waals surface area contributed by atoms with Crippen LogP contribution in [0, 0.1) is 0 Å². The largest absolute Gasteiger partial charge is 0.488 e. The predicted molar refractivity (Wildman–Crippen MR) is 80.3 cm³/mol. The van der Waals surface area contributed by atoms with Gasteiger partial charge in [-0.1, -0.05) is 45.2 Å². The highest BCUT2D eigenvalue weighted by atomic mass is 79.9. The van der Waals surface area contributed by atoms with Gasteiger partial charge in [0.2, 0.25) is 0 Å². The first kappa shape index (κ1) is 14.4. The summed E-state index contributed by atoms with van der Waals surface area (Å²) in [7, 11) is 0. The molecule has 5 heteroatoms. The van der Waals surface area contributed by atoms with Crippen molar-refractivity contribution in [3.05, 3.63) is 62.0 Å². The van der Waals surface area contributed by atoms with Gasteiger partial charge in [-0.05, 0) is 30.3 Å². The number of carbonyl (C=O) groups is 1. The Bertz CT molecular complexity index is 614. The standard InChI is InChI=1S/C14H9BrCl2O2/c15-11-2-4-14(10(5-11)7-18)19-8-9-1-3-12(16)6-13(9)17/h1-7H,8H2. The fraction of sp³-hybridized carbons (Fsp3) is 0.0714. The highest BCUT2D eigenvalue weighted by Crippen LogP contribution is 2.25. The number of benzene rings is 2. The molecule has 0 heterocycles. The third-order valence-electron chi connectivity index (χ3n) is 2.50. The third kappa shape index (κ3) is 3.72. The van der Waals surface area contributed by atoms with Gasteiger partial charge in [0.1, 0.15) is 12.4 Å². The number of hydrogen-bond donors (Lipinski definition) is 0. The Morgan fingerprint density at radius 2 is 1.95 bits per heavy atom. The molecule has 0 fully saturated rings. The molecule has 0 aliphatic heterocycles. The smallest absolute Gasteiger partial charge is 0.153 e. The minimum absolute atomic E-state index is 0.276. The first-order valence-corrected chi connectivity index (χ1v) is 6.96. The molecule has 0 radical (unpaired) electrons. The highest BCUT2D eigenvalue weighted by Gasteiger charge is 2.06. The van der Waals surface area contributed by atoms with Gasteiger partial charge in [-0.15, -0.1) is 0 Å². The lowest BCUT2D eigenvalue weighted by Gasteiger charge is -2.10. The van der Waals surface area contributed by atoms with Crippen molar-refractivity contribution >= 4 is 45.4 Å². The van der Waals surface area contributed by atoms with Gasteiger partial charge in [0.25, 0.3) is 0 Å². The van der Waals surface area contributed by atoms with E-state index in [2.05, 4.69) is 15.9 Å². The minimum Gasteiger partial charge on any atom is -0.488 e. The molecule has 0 spiro atoms. The van der Waals surface area contributed by atoms with E-state index in [0.717, 1.165) is 16.3 Å². The van der Waals surface area contributed by atoms with Crippen molar-refractivity contribution in [2.75, 3.05) is 0 Å². The average molecular weight is 360 g/mol. The van der Waals surface area contributed by atoms with E-state index in [-0.39, 0.29) is 6.61 Å². The Hall–Kier alpha value is -1.03. The molecule has 0 N–H and O–H groups in total. The Kier molecular flexibility index (Phi) is 4.86. The maximum Gasteiger partial charge on any atom is 0.153 e. The van der Waals surface area contributed by atoms with E-state index in [1.54, 1.807) is 30.3 Å². The Labute approximate surface area is 129 Å². The van der Waals surface area contributed by atoms with Gasteiger partial charge >= 0.3 is 0 Å². The number of aldehydes is 1. The van der Waals surface area contributed by atoms with Crippen LogP contribution in [0.25, 0.3) is 0 Å². The van der Waals surface area contributed by atoms with Crippen molar-refractivity contribution in [1.29, 1.82) is 0 Å². The summed E-state index contributed by atoms with van der Waals surface area (Å²) >= 11 is 15.2. The first-order chi connectivity index (χ1) is 9.10. The molecule has 0 aromatic heterocycles. The van der Waals surface area contributed by atoms with E-state index in [0.29, 0.717) is 21.4 Å². The molecule has 0 aliphatic rings. The molecule has 0 atom stereocenters. The van der Waals surface area contributed by atoms with Crippen LogP contribution < -0.4 is 4.74 Å². The zero-order chi connectivity index (χ0) is 13.8. The summed E-state index contributed by atoms with van der Waals surface area (Å²) in [6, 6.07) is 10.4. The molecule has 0 saturated heterocycles. The van der Waals surface area contributed by atoms with Crippen molar-refractivity contribution in [3.63, 3.8) is 0 Å². The van der Waals surface area contributed by atoms with Gasteiger partial charge in [-0.25, -0.2) is 0 Å². The molecule has 2 nitrogen and oxygen atoms in total. The van der Waals surface area contributed by atoms with Crippen LogP contribution in [0.4, 0.5) is 0 Å². The maximum absolute atomic E-state index is 11.0. The molecular formula is C14H9BrCl2O2. The van der Waals surface area contributed by atoms with Crippen LogP contribution in [-0.4, -0.2) is 6.29 Å². The van der Waals surface area contributed by atoms with Crippen molar-refractivity contribution in [2.24, 2.45) is 0 Å². The van der Waals surface area contributed by atoms with E-state index in [9.17, 15) is 4.79 Å². The highest BCUT2D eigenvalue weighted by molar-refractivity contribution is 9.10. The number of halogens is 3. The number of ether oxygens (including phenoxy) is 1. The van der Waals surface area contributed by atoms with E-state index in [4.69, 9.17) is 27.9 Å². The third-order valence-corrected chi connectivity index (χ3v) is 3.58. The molecule has 2 aromatic carbocycles. The van der Waals surface area contributed by atoms with Crippen molar-refractivity contribution < 1.29 is 9.53 Å². The topological polar surface area (TPSA) is 26.3 Å². The van der Waals surface area contributed by atoms with Gasteiger partial charge < -0.3 is 4.74 Å². The molecule has 0 unspecified atom stereocenters. The average Bonchev–Trinajstić information content (AvgIpc) is 2.39. The fourth-order valence-electron chi connectivity index (χ4n) is 1.54. The fourth-order valence-corrected chi connectivity index (χ4v) is 2.38. The minimum atomic E-state index is 0.276. The summed E-state index contributed by atoms with van der Waals surface area (Å²) in [4.78, 5) is 11.0. The summed E-state index contributed by atoms with van der Waals surface area (Å²) in [5.74, 6) is 0.518. The molecule has 0 amide bonds. The number of hydrogen-bond acceptors (Lipinski definition) is 2. The van der Waals surface area contributed by atoms with Crippen molar-refractivity contribution in [2.45, 2.75) is 6.61 Å². The normalized spacial score (nSPS) is 10.3. The van der Waals surface area contributed by atoms with Crippen LogP contribution in [-0.2, 0) is 6.61 Å². The molecule has 2 aromatic rings. The molecule has 98 valence electrons. The lowest BCUT2D eigenvalue weighted by Crippen LogP contribution is -1.99. The van der Waals surface area contributed by atoms with Gasteiger partial charge in [0.15, 0.2) is 6.29 Å².